The largest absolute Gasteiger partial charge is 0.474 e. The Hall–Kier alpha value is -1.91. The molecular formula is C18H32N2O3. The number of amides is 1. The number of ether oxygens (including phenoxy) is 2. The van der Waals surface area contributed by atoms with Gasteiger partial charge in [-0.1, -0.05) is 19.9 Å². The maximum absolute atomic E-state index is 12.1. The second-order valence-electron chi connectivity index (χ2n) is 6.29. The van der Waals surface area contributed by atoms with Crippen molar-refractivity contribution in [2.75, 3.05) is 13.2 Å². The molecular weight excluding hydrogens is 292 g/mol. The topological polar surface area (TPSA) is 50.8 Å². The Kier molecular flexibility index (Phi) is 9.15. The minimum absolute atomic E-state index is 0.332. The fourth-order valence-electron chi connectivity index (χ4n) is 1.84. The van der Waals surface area contributed by atoms with Crippen molar-refractivity contribution in [2.45, 2.75) is 60.0 Å². The molecule has 0 aliphatic heterocycles. The van der Waals surface area contributed by atoms with Crippen LogP contribution in [0.4, 0.5) is 4.79 Å². The van der Waals surface area contributed by atoms with E-state index in [1.165, 1.54) is 0 Å². The molecule has 0 aliphatic carbocycles. The van der Waals surface area contributed by atoms with Crippen molar-refractivity contribution >= 4 is 6.09 Å². The van der Waals surface area contributed by atoms with Crippen LogP contribution < -0.4 is 5.32 Å². The normalized spacial score (nSPS) is 11.7. The van der Waals surface area contributed by atoms with Gasteiger partial charge in [-0.15, -0.1) is 0 Å². The predicted molar refractivity (Wildman–Crippen MR) is 94.6 cm³/mol. The molecule has 132 valence electrons. The lowest BCUT2D eigenvalue weighted by molar-refractivity contribution is 0.0444. The number of hydrogen-bond acceptors (Lipinski definition) is 4. The van der Waals surface area contributed by atoms with Crippen LogP contribution in [0.2, 0.25) is 0 Å². The van der Waals surface area contributed by atoms with Crippen LogP contribution >= 0.6 is 0 Å². The zero-order valence-electron chi connectivity index (χ0n) is 15.5. The smallest absolute Gasteiger partial charge is 0.413 e. The summed E-state index contributed by atoms with van der Waals surface area (Å²) in [7, 11) is 0. The van der Waals surface area contributed by atoms with Gasteiger partial charge in [0.2, 0.25) is 0 Å². The summed E-state index contributed by atoms with van der Waals surface area (Å²) in [5.74, 6) is 0.417. The second kappa shape index (κ2) is 9.98. The van der Waals surface area contributed by atoms with Crippen LogP contribution in [0, 0.1) is 0 Å². The van der Waals surface area contributed by atoms with Gasteiger partial charge in [-0.25, -0.2) is 4.79 Å². The van der Waals surface area contributed by atoms with Crippen molar-refractivity contribution < 1.29 is 14.3 Å². The van der Waals surface area contributed by atoms with E-state index in [0.717, 1.165) is 18.5 Å². The van der Waals surface area contributed by atoms with Crippen molar-refractivity contribution in [3.05, 3.63) is 36.5 Å². The summed E-state index contributed by atoms with van der Waals surface area (Å²) in [6.07, 6.45) is 3.28. The molecule has 0 radical (unpaired) electrons. The lowest BCUT2D eigenvalue weighted by Crippen LogP contribution is -2.30. The average molecular weight is 324 g/mol. The van der Waals surface area contributed by atoms with Crippen LogP contribution in [0.3, 0.4) is 0 Å². The van der Waals surface area contributed by atoms with Gasteiger partial charge in [-0.3, -0.25) is 4.90 Å². The van der Waals surface area contributed by atoms with Gasteiger partial charge in [-0.2, -0.15) is 0 Å². The van der Waals surface area contributed by atoms with E-state index in [9.17, 15) is 4.79 Å². The van der Waals surface area contributed by atoms with Crippen molar-refractivity contribution in [2.24, 2.45) is 0 Å². The minimum Gasteiger partial charge on any atom is -0.474 e. The molecule has 0 atom stereocenters. The fraction of sp³-hybridized carbons (Fsp3) is 0.611. The Labute approximate surface area is 141 Å². The van der Waals surface area contributed by atoms with Crippen LogP contribution in [0.1, 0.15) is 54.4 Å². The number of rotatable bonds is 9. The maximum atomic E-state index is 12.1. The van der Waals surface area contributed by atoms with Gasteiger partial charge in [0.15, 0.2) is 5.88 Å². The van der Waals surface area contributed by atoms with Crippen LogP contribution in [0.15, 0.2) is 36.5 Å². The number of nitrogens with one attached hydrogen (secondary N) is 1. The van der Waals surface area contributed by atoms with E-state index in [0.29, 0.717) is 24.7 Å². The van der Waals surface area contributed by atoms with Gasteiger partial charge in [-0.05, 0) is 53.7 Å². The molecule has 23 heavy (non-hydrogen) atoms. The standard InChI is InChI=1S/C18H32N2O3/c1-9-11-12-22-17(21)20(10-2)15(4)13-14(3)19-16(5)23-18(6,7)8/h13,19H,3,5,9-12H2,1-2,4,6-8H3/b15-13+. The lowest BCUT2D eigenvalue weighted by atomic mass is 10.2. The fourth-order valence-corrected chi connectivity index (χ4v) is 1.84. The van der Waals surface area contributed by atoms with Crippen LogP contribution in [0.5, 0.6) is 0 Å². The predicted octanol–water partition coefficient (Wildman–Crippen LogP) is 4.54. The molecule has 0 aromatic heterocycles. The molecule has 0 aromatic carbocycles. The molecule has 0 unspecified atom stereocenters. The summed E-state index contributed by atoms with van der Waals surface area (Å²) >= 11 is 0. The first-order valence-electron chi connectivity index (χ1n) is 8.07. The molecule has 0 aromatic rings. The zero-order valence-corrected chi connectivity index (χ0v) is 15.5. The molecule has 0 heterocycles. The highest BCUT2D eigenvalue weighted by Gasteiger charge is 2.15. The third-order valence-electron chi connectivity index (χ3n) is 2.80. The van der Waals surface area contributed by atoms with Gasteiger partial charge in [0.25, 0.3) is 0 Å². The Morgan fingerprint density at radius 3 is 2.35 bits per heavy atom. The SMILES string of the molecule is C=C(/C=C(\C)N(CC)C(=O)OCCCC)NC(=C)OC(C)(C)C. The van der Waals surface area contributed by atoms with Crippen molar-refractivity contribution in [3.8, 4) is 0 Å². The number of carbonyl (C=O) groups is 1. The van der Waals surface area contributed by atoms with E-state index in [4.69, 9.17) is 9.47 Å². The van der Waals surface area contributed by atoms with Gasteiger partial charge < -0.3 is 14.8 Å². The van der Waals surface area contributed by atoms with Crippen molar-refractivity contribution in [3.63, 3.8) is 0 Å². The van der Waals surface area contributed by atoms with Crippen LogP contribution in [0.25, 0.3) is 0 Å². The molecule has 1 N–H and O–H groups in total. The molecule has 0 saturated carbocycles. The number of carbonyl (C=O) groups excluding carboxylic acids is 1. The second-order valence-corrected chi connectivity index (χ2v) is 6.29. The number of hydrogen-bond donors (Lipinski definition) is 1. The van der Waals surface area contributed by atoms with E-state index >= 15 is 0 Å². The molecule has 0 saturated heterocycles. The monoisotopic (exact) mass is 324 g/mol. The number of nitrogens with zero attached hydrogens (tertiary/aromatic N) is 1. The summed E-state index contributed by atoms with van der Waals surface area (Å²) in [5.41, 5.74) is 1.01. The number of allylic oxidation sites excluding steroid dienone is 2. The number of unbranched alkanes of at least 4 members (excludes halogenated alkanes) is 1. The Morgan fingerprint density at radius 1 is 1.26 bits per heavy atom. The Morgan fingerprint density at radius 2 is 1.87 bits per heavy atom. The summed E-state index contributed by atoms with van der Waals surface area (Å²) in [4.78, 5) is 13.6. The molecule has 0 aliphatic rings. The van der Waals surface area contributed by atoms with Crippen LogP contribution in [-0.4, -0.2) is 29.7 Å². The highest BCUT2D eigenvalue weighted by atomic mass is 16.6. The molecule has 0 bridgehead atoms. The van der Waals surface area contributed by atoms with Crippen LogP contribution in [-0.2, 0) is 9.47 Å². The summed E-state index contributed by atoms with van der Waals surface area (Å²) in [5, 5.41) is 2.97. The third-order valence-corrected chi connectivity index (χ3v) is 2.80. The first-order valence-corrected chi connectivity index (χ1v) is 8.07. The first-order chi connectivity index (χ1) is 10.6. The summed E-state index contributed by atoms with van der Waals surface area (Å²) in [6.45, 7) is 20.3. The Balaban J connectivity index is 4.66. The molecule has 1 amide bonds. The van der Waals surface area contributed by atoms with Gasteiger partial charge >= 0.3 is 6.09 Å². The van der Waals surface area contributed by atoms with E-state index in [1.807, 2.05) is 34.6 Å². The molecule has 0 fully saturated rings. The van der Waals surface area contributed by atoms with Gasteiger partial charge in [0.1, 0.15) is 5.60 Å². The Bertz CT molecular complexity index is 448. The van der Waals surface area contributed by atoms with E-state index in [1.54, 1.807) is 11.0 Å². The first kappa shape index (κ1) is 21.1. The van der Waals surface area contributed by atoms with E-state index in [2.05, 4.69) is 25.4 Å². The maximum Gasteiger partial charge on any atom is 0.413 e. The molecule has 0 rings (SSSR count). The highest BCUT2D eigenvalue weighted by molar-refractivity contribution is 5.69. The van der Waals surface area contributed by atoms with E-state index in [-0.39, 0.29) is 11.7 Å². The summed E-state index contributed by atoms with van der Waals surface area (Å²) in [6, 6.07) is 0. The van der Waals surface area contributed by atoms with Crippen molar-refractivity contribution in [1.29, 1.82) is 0 Å². The highest BCUT2D eigenvalue weighted by Crippen LogP contribution is 2.13. The summed E-state index contributed by atoms with van der Waals surface area (Å²) < 4.78 is 10.8. The third kappa shape index (κ3) is 9.66. The van der Waals surface area contributed by atoms with E-state index < -0.39 is 0 Å². The average Bonchev–Trinajstić information content (AvgIpc) is 2.36. The van der Waals surface area contributed by atoms with Gasteiger partial charge in [0.05, 0.1) is 6.61 Å². The minimum atomic E-state index is -0.340. The lowest BCUT2D eigenvalue weighted by Gasteiger charge is -2.24. The molecule has 0 spiro atoms. The van der Waals surface area contributed by atoms with Gasteiger partial charge in [0, 0.05) is 17.9 Å². The zero-order chi connectivity index (χ0) is 18.0. The molecule has 5 heteroatoms. The quantitative estimate of drug-likeness (QED) is 0.384. The van der Waals surface area contributed by atoms with Crippen molar-refractivity contribution in [1.82, 2.24) is 10.2 Å². The molecule has 5 nitrogen and oxygen atoms in total.